The molecule has 0 saturated carbocycles. The molecule has 3 aromatic rings. The van der Waals surface area contributed by atoms with Gasteiger partial charge in [0, 0.05) is 16.1 Å². The van der Waals surface area contributed by atoms with Crippen LogP contribution in [0.5, 0.6) is 0 Å². The number of amides is 1. The topological polar surface area (TPSA) is 117 Å². The van der Waals surface area contributed by atoms with Crippen molar-refractivity contribution in [3.63, 3.8) is 0 Å². The molecule has 0 aliphatic carbocycles. The molecule has 0 fully saturated rings. The molecule has 9 nitrogen and oxygen atoms in total. The number of fused-ring (bicyclic) bond motifs is 1. The Morgan fingerprint density at radius 3 is 2.50 bits per heavy atom. The Labute approximate surface area is 190 Å². The lowest BCUT2D eigenvalue weighted by Crippen LogP contribution is -2.27. The van der Waals surface area contributed by atoms with Crippen LogP contribution in [0, 0.1) is 0 Å². The molecule has 0 saturated heterocycles. The highest BCUT2D eigenvalue weighted by Crippen LogP contribution is 2.26. The minimum atomic E-state index is -3.95. The summed E-state index contributed by atoms with van der Waals surface area (Å²) in [7, 11) is -3.95. The number of rotatable bonds is 5. The van der Waals surface area contributed by atoms with Gasteiger partial charge in [-0.25, -0.2) is 4.79 Å². The zero-order valence-electron chi connectivity index (χ0n) is 17.8. The largest absolute Gasteiger partial charge is 0.442 e. The fourth-order valence-electron chi connectivity index (χ4n) is 2.86. The monoisotopic (exact) mass is 479 g/mol. The van der Waals surface area contributed by atoms with Crippen molar-refractivity contribution in [2.24, 2.45) is 0 Å². The second-order valence-corrected chi connectivity index (χ2v) is 10.1. The maximum atomic E-state index is 12.9. The number of carbonyl (C=O) groups excluding carboxylic acids is 2. The number of hydrogen-bond donors (Lipinski definition) is 1. The standard InChI is InChI=1S/C21H22ClN3O6S/c1-21(2,3)30-20(27)25-17-9-8-16(11-14(17)12-23-25)24-19(26)18(31-32(4,28)29)13-6-5-7-15(22)10-13/h5-12,18H,1-4H3,(H,24,26)/t18-/m0/s1. The Morgan fingerprint density at radius 2 is 1.88 bits per heavy atom. The summed E-state index contributed by atoms with van der Waals surface area (Å²) >= 11 is 5.97. The third-order valence-electron chi connectivity index (χ3n) is 4.06. The van der Waals surface area contributed by atoms with Crippen LogP contribution in [-0.2, 0) is 23.8 Å². The van der Waals surface area contributed by atoms with Crippen LogP contribution in [0.4, 0.5) is 10.5 Å². The molecule has 1 heterocycles. The molecule has 0 spiro atoms. The fraction of sp³-hybridized carbons (Fsp3) is 0.286. The fourth-order valence-corrected chi connectivity index (χ4v) is 3.61. The summed E-state index contributed by atoms with van der Waals surface area (Å²) in [6.07, 6.45) is 0.237. The van der Waals surface area contributed by atoms with Crippen LogP contribution in [0.15, 0.2) is 48.7 Å². The van der Waals surface area contributed by atoms with Gasteiger partial charge in [-0.3, -0.25) is 8.98 Å². The lowest BCUT2D eigenvalue weighted by molar-refractivity contribution is -0.122. The van der Waals surface area contributed by atoms with Gasteiger partial charge in [-0.1, -0.05) is 23.7 Å². The van der Waals surface area contributed by atoms with Gasteiger partial charge in [0.05, 0.1) is 18.0 Å². The third-order valence-corrected chi connectivity index (χ3v) is 4.84. The van der Waals surface area contributed by atoms with Crippen LogP contribution < -0.4 is 5.32 Å². The summed E-state index contributed by atoms with van der Waals surface area (Å²) in [5.41, 5.74) is 0.434. The minimum absolute atomic E-state index is 0.277. The SMILES string of the molecule is CC(C)(C)OC(=O)n1ncc2cc(NC(=O)[C@@H](OS(C)(=O)=O)c3cccc(Cl)c3)ccc21. The number of carbonyl (C=O) groups is 2. The predicted octanol–water partition coefficient (Wildman–Crippen LogP) is 4.13. The first-order valence-electron chi connectivity index (χ1n) is 9.48. The molecular weight excluding hydrogens is 458 g/mol. The van der Waals surface area contributed by atoms with E-state index in [-0.39, 0.29) is 5.56 Å². The molecule has 0 radical (unpaired) electrons. The molecule has 3 rings (SSSR count). The Morgan fingerprint density at radius 1 is 1.16 bits per heavy atom. The van der Waals surface area contributed by atoms with E-state index in [9.17, 15) is 18.0 Å². The predicted molar refractivity (Wildman–Crippen MR) is 120 cm³/mol. The first-order valence-corrected chi connectivity index (χ1v) is 11.7. The zero-order valence-corrected chi connectivity index (χ0v) is 19.4. The van der Waals surface area contributed by atoms with Gasteiger partial charge in [-0.2, -0.15) is 18.2 Å². The summed E-state index contributed by atoms with van der Waals surface area (Å²) in [5.74, 6) is -0.712. The molecule has 170 valence electrons. The number of anilines is 1. The van der Waals surface area contributed by atoms with Crippen LogP contribution in [-0.4, -0.2) is 42.1 Å². The number of hydrogen-bond acceptors (Lipinski definition) is 7. The second kappa shape index (κ2) is 8.89. The van der Waals surface area contributed by atoms with Crippen LogP contribution in [0.1, 0.15) is 32.4 Å². The third kappa shape index (κ3) is 6.06. The Bertz CT molecular complexity index is 1280. The van der Waals surface area contributed by atoms with Gasteiger partial charge in [-0.05, 0) is 56.7 Å². The first-order chi connectivity index (χ1) is 14.8. The number of nitrogens with one attached hydrogen (secondary N) is 1. The number of aromatic nitrogens is 2. The van der Waals surface area contributed by atoms with Gasteiger partial charge in [0.2, 0.25) is 0 Å². The summed E-state index contributed by atoms with van der Waals surface area (Å²) in [5, 5.41) is 7.57. The maximum Gasteiger partial charge on any atom is 0.435 e. The second-order valence-electron chi connectivity index (χ2n) is 8.03. The number of benzene rings is 2. The van der Waals surface area contributed by atoms with E-state index in [0.717, 1.165) is 10.9 Å². The average molecular weight is 480 g/mol. The van der Waals surface area contributed by atoms with Gasteiger partial charge >= 0.3 is 6.09 Å². The summed E-state index contributed by atoms with van der Waals surface area (Å²) < 4.78 is 34.9. The Kier molecular flexibility index (Phi) is 6.59. The first kappa shape index (κ1) is 23.7. The lowest BCUT2D eigenvalue weighted by Gasteiger charge is -2.19. The molecule has 2 aromatic carbocycles. The van der Waals surface area contributed by atoms with Crippen LogP contribution >= 0.6 is 11.6 Å². The Balaban J connectivity index is 1.86. The summed E-state index contributed by atoms with van der Waals surface area (Å²) in [6, 6.07) is 10.9. The molecule has 1 aromatic heterocycles. The van der Waals surface area contributed by atoms with Crippen LogP contribution in [0.3, 0.4) is 0 Å². The van der Waals surface area contributed by atoms with Crippen molar-refractivity contribution < 1.29 is 26.9 Å². The van der Waals surface area contributed by atoms with E-state index in [2.05, 4.69) is 10.4 Å². The van der Waals surface area contributed by atoms with Gasteiger partial charge in [0.1, 0.15) is 5.60 Å². The van der Waals surface area contributed by atoms with E-state index >= 15 is 0 Å². The average Bonchev–Trinajstić information content (AvgIpc) is 3.07. The van der Waals surface area contributed by atoms with Crippen LogP contribution in [0.25, 0.3) is 10.9 Å². The molecule has 1 N–H and O–H groups in total. The van der Waals surface area contributed by atoms with E-state index < -0.39 is 33.8 Å². The van der Waals surface area contributed by atoms with E-state index in [0.29, 0.717) is 21.6 Å². The smallest absolute Gasteiger partial charge is 0.435 e. The number of halogens is 1. The lowest BCUT2D eigenvalue weighted by atomic mass is 10.1. The van der Waals surface area contributed by atoms with Crippen molar-refractivity contribution in [2.45, 2.75) is 32.5 Å². The molecule has 1 atom stereocenters. The van der Waals surface area contributed by atoms with Crippen molar-refractivity contribution in [1.82, 2.24) is 9.78 Å². The highest BCUT2D eigenvalue weighted by molar-refractivity contribution is 7.86. The minimum Gasteiger partial charge on any atom is -0.442 e. The molecule has 0 aliphatic heterocycles. The molecule has 0 aliphatic rings. The van der Waals surface area contributed by atoms with Gasteiger partial charge in [-0.15, -0.1) is 0 Å². The van der Waals surface area contributed by atoms with Crippen molar-refractivity contribution >= 4 is 50.3 Å². The van der Waals surface area contributed by atoms with Crippen molar-refractivity contribution in [3.05, 3.63) is 59.2 Å². The summed E-state index contributed by atoms with van der Waals surface area (Å²) in [6.45, 7) is 5.25. The number of nitrogens with zero attached hydrogens (tertiary/aromatic N) is 2. The summed E-state index contributed by atoms with van der Waals surface area (Å²) in [4.78, 5) is 25.2. The van der Waals surface area contributed by atoms with Crippen LogP contribution in [0.2, 0.25) is 5.02 Å². The number of ether oxygens (including phenoxy) is 1. The highest BCUT2D eigenvalue weighted by Gasteiger charge is 2.27. The quantitative estimate of drug-likeness (QED) is 0.547. The van der Waals surface area contributed by atoms with E-state index in [1.807, 2.05) is 0 Å². The highest BCUT2D eigenvalue weighted by atomic mass is 35.5. The molecule has 1 amide bonds. The molecular formula is C21H22ClN3O6S. The van der Waals surface area contributed by atoms with Gasteiger partial charge in [0.25, 0.3) is 16.0 Å². The Hall–Kier alpha value is -2.95. The van der Waals surface area contributed by atoms with E-state index in [1.165, 1.54) is 18.3 Å². The zero-order chi connectivity index (χ0) is 23.7. The van der Waals surface area contributed by atoms with Gasteiger partial charge < -0.3 is 10.1 Å². The van der Waals surface area contributed by atoms with Crippen molar-refractivity contribution in [1.29, 1.82) is 0 Å². The van der Waals surface area contributed by atoms with Crippen molar-refractivity contribution in [3.8, 4) is 0 Å². The van der Waals surface area contributed by atoms with Gasteiger partial charge in [0.15, 0.2) is 6.10 Å². The van der Waals surface area contributed by atoms with E-state index in [4.69, 9.17) is 20.5 Å². The normalized spacial score (nSPS) is 13.0. The molecule has 11 heteroatoms. The molecule has 0 unspecified atom stereocenters. The molecule has 0 bridgehead atoms. The van der Waals surface area contributed by atoms with E-state index in [1.54, 1.807) is 51.1 Å². The maximum absolute atomic E-state index is 12.9. The van der Waals surface area contributed by atoms with Crippen molar-refractivity contribution in [2.75, 3.05) is 11.6 Å². The molecule has 32 heavy (non-hydrogen) atoms.